The minimum Gasteiger partial charge on any atom is -0.497 e. The van der Waals surface area contributed by atoms with Crippen molar-refractivity contribution in [2.75, 3.05) is 46.3 Å². The summed E-state index contributed by atoms with van der Waals surface area (Å²) in [5, 5.41) is 5.31. The number of hydrogen-bond donors (Lipinski definition) is 0. The SMILES string of the molecule is COOSc1nn(-c2ccc(OC)cc2)c2c1CCN(c1ccc(C(C)(C)CN(C)C)cc1)C2=O. The lowest BCUT2D eigenvalue weighted by Gasteiger charge is -2.31. The van der Waals surface area contributed by atoms with E-state index in [2.05, 4.69) is 50.1 Å². The Morgan fingerprint density at radius 2 is 1.69 bits per heavy atom. The first-order valence-electron chi connectivity index (χ1n) is 11.5. The molecule has 1 aliphatic rings. The van der Waals surface area contributed by atoms with Crippen LogP contribution in [-0.2, 0) is 21.1 Å². The van der Waals surface area contributed by atoms with Crippen LogP contribution in [0.3, 0.4) is 0 Å². The van der Waals surface area contributed by atoms with Crippen LogP contribution in [0.5, 0.6) is 5.75 Å². The third-order valence-corrected chi connectivity index (χ3v) is 6.84. The maximum absolute atomic E-state index is 13.8. The number of rotatable bonds is 9. The maximum Gasteiger partial charge on any atom is 0.277 e. The second-order valence-corrected chi connectivity index (χ2v) is 10.1. The van der Waals surface area contributed by atoms with E-state index in [1.807, 2.05) is 41.3 Å². The van der Waals surface area contributed by atoms with Gasteiger partial charge in [0, 0.05) is 29.8 Å². The molecule has 8 nitrogen and oxygen atoms in total. The highest BCUT2D eigenvalue weighted by molar-refractivity contribution is 7.94. The van der Waals surface area contributed by atoms with Gasteiger partial charge in [-0.25, -0.2) is 9.57 Å². The van der Waals surface area contributed by atoms with Gasteiger partial charge in [0.15, 0.2) is 5.03 Å². The fraction of sp³-hybridized carbons (Fsp3) is 0.385. The first-order chi connectivity index (χ1) is 16.7. The first-order valence-corrected chi connectivity index (χ1v) is 12.2. The van der Waals surface area contributed by atoms with Crippen molar-refractivity contribution in [2.45, 2.75) is 30.7 Å². The molecule has 1 aromatic heterocycles. The van der Waals surface area contributed by atoms with Crippen LogP contribution < -0.4 is 9.64 Å². The zero-order valence-electron chi connectivity index (χ0n) is 21.1. The molecule has 0 saturated heterocycles. The quantitative estimate of drug-likeness (QED) is 0.245. The highest BCUT2D eigenvalue weighted by Crippen LogP contribution is 2.34. The molecule has 0 atom stereocenters. The summed E-state index contributed by atoms with van der Waals surface area (Å²) in [6.45, 7) is 5.95. The van der Waals surface area contributed by atoms with Crippen molar-refractivity contribution in [3.63, 3.8) is 0 Å². The molecule has 9 heteroatoms. The van der Waals surface area contributed by atoms with E-state index in [1.165, 1.54) is 12.7 Å². The Bertz CT molecular complexity index is 1170. The number of likely N-dealkylation sites (N-methyl/N-ethyl adjacent to an activating group) is 1. The molecule has 2 heterocycles. The summed E-state index contributed by atoms with van der Waals surface area (Å²) in [7, 11) is 7.22. The number of ether oxygens (including phenoxy) is 1. The fourth-order valence-electron chi connectivity index (χ4n) is 4.59. The third-order valence-electron chi connectivity index (χ3n) is 6.15. The van der Waals surface area contributed by atoms with Crippen LogP contribution in [-0.4, -0.2) is 62.0 Å². The van der Waals surface area contributed by atoms with Crippen molar-refractivity contribution in [3.05, 3.63) is 65.4 Å². The summed E-state index contributed by atoms with van der Waals surface area (Å²) >= 11 is 1.01. The highest BCUT2D eigenvalue weighted by Gasteiger charge is 2.34. The fourth-order valence-corrected chi connectivity index (χ4v) is 5.14. The van der Waals surface area contributed by atoms with E-state index in [0.717, 1.165) is 41.3 Å². The van der Waals surface area contributed by atoms with E-state index in [0.29, 0.717) is 23.7 Å². The number of amides is 1. The highest BCUT2D eigenvalue weighted by atomic mass is 32.2. The summed E-state index contributed by atoms with van der Waals surface area (Å²) in [6, 6.07) is 15.8. The van der Waals surface area contributed by atoms with Gasteiger partial charge in [0.05, 0.1) is 31.9 Å². The Kier molecular flexibility index (Phi) is 7.51. The third kappa shape index (κ3) is 5.23. The summed E-state index contributed by atoms with van der Waals surface area (Å²) in [6.07, 6.45) is 0.653. The molecule has 0 radical (unpaired) electrons. The molecule has 35 heavy (non-hydrogen) atoms. The van der Waals surface area contributed by atoms with Crippen molar-refractivity contribution < 1.29 is 18.8 Å². The lowest BCUT2D eigenvalue weighted by molar-refractivity contribution is -0.160. The topological polar surface area (TPSA) is 69.1 Å². The minimum absolute atomic E-state index is 0.00155. The van der Waals surface area contributed by atoms with E-state index in [1.54, 1.807) is 11.8 Å². The first kappa shape index (κ1) is 25.2. The lowest BCUT2D eigenvalue weighted by Crippen LogP contribution is -2.39. The Morgan fingerprint density at radius 3 is 2.29 bits per heavy atom. The van der Waals surface area contributed by atoms with Gasteiger partial charge in [-0.1, -0.05) is 26.0 Å². The number of fused-ring (bicyclic) bond motifs is 1. The number of carbonyl (C=O) groups excluding carboxylic acids is 1. The van der Waals surface area contributed by atoms with Crippen LogP contribution in [0.4, 0.5) is 5.69 Å². The Morgan fingerprint density at radius 1 is 1.03 bits per heavy atom. The molecule has 1 aliphatic heterocycles. The molecule has 3 aromatic rings. The largest absolute Gasteiger partial charge is 0.497 e. The molecule has 0 bridgehead atoms. The molecule has 4 rings (SSSR count). The van der Waals surface area contributed by atoms with Crippen molar-refractivity contribution in [2.24, 2.45) is 0 Å². The Labute approximate surface area is 210 Å². The van der Waals surface area contributed by atoms with E-state index in [-0.39, 0.29) is 11.3 Å². The predicted octanol–water partition coefficient (Wildman–Crippen LogP) is 4.51. The lowest BCUT2D eigenvalue weighted by atomic mass is 9.84. The second kappa shape index (κ2) is 10.4. The van der Waals surface area contributed by atoms with Crippen LogP contribution in [0.25, 0.3) is 5.69 Å². The van der Waals surface area contributed by atoms with Crippen molar-refractivity contribution in [1.29, 1.82) is 0 Å². The molecule has 2 aromatic carbocycles. The van der Waals surface area contributed by atoms with Gasteiger partial charge in [-0.15, -0.1) is 0 Å². The van der Waals surface area contributed by atoms with Gasteiger partial charge < -0.3 is 14.5 Å². The van der Waals surface area contributed by atoms with Crippen LogP contribution in [0.1, 0.15) is 35.5 Å². The smallest absolute Gasteiger partial charge is 0.277 e. The summed E-state index contributed by atoms with van der Waals surface area (Å²) < 4.78 is 12.0. The molecular formula is C26H32N4O4S. The van der Waals surface area contributed by atoms with Crippen molar-refractivity contribution >= 4 is 23.6 Å². The molecule has 0 aliphatic carbocycles. The van der Waals surface area contributed by atoms with Crippen molar-refractivity contribution in [3.8, 4) is 11.4 Å². The number of methoxy groups -OCH3 is 1. The predicted molar refractivity (Wildman–Crippen MR) is 137 cm³/mol. The van der Waals surface area contributed by atoms with Crippen LogP contribution in [0.2, 0.25) is 0 Å². The molecule has 0 fully saturated rings. The zero-order valence-corrected chi connectivity index (χ0v) is 21.9. The average molecular weight is 497 g/mol. The number of carbonyl (C=O) groups is 1. The van der Waals surface area contributed by atoms with E-state index < -0.39 is 0 Å². The standard InChI is InChI=1S/C26H32N4O4S/c1-26(2,17-28(3)4)18-7-9-19(10-8-18)29-16-15-22-23(25(29)31)30(27-24(22)35-34-33-6)20-11-13-21(32-5)14-12-20/h7-14H,15-17H2,1-6H3. The van der Waals surface area contributed by atoms with Gasteiger partial charge in [-0.3, -0.25) is 4.79 Å². The van der Waals surface area contributed by atoms with Gasteiger partial charge in [0.25, 0.3) is 5.91 Å². The monoisotopic (exact) mass is 496 g/mol. The van der Waals surface area contributed by atoms with E-state index in [4.69, 9.17) is 14.0 Å². The zero-order chi connectivity index (χ0) is 25.2. The van der Waals surface area contributed by atoms with Gasteiger partial charge in [-0.2, -0.15) is 9.43 Å². The molecule has 1 amide bonds. The Balaban J connectivity index is 1.68. The number of nitrogens with zero attached hydrogens (tertiary/aromatic N) is 4. The van der Waals surface area contributed by atoms with Crippen LogP contribution in [0, 0.1) is 0 Å². The molecule has 186 valence electrons. The number of benzene rings is 2. The van der Waals surface area contributed by atoms with E-state index >= 15 is 0 Å². The molecule has 0 unspecified atom stereocenters. The van der Waals surface area contributed by atoms with Gasteiger partial charge in [0.2, 0.25) is 0 Å². The van der Waals surface area contributed by atoms with Crippen molar-refractivity contribution in [1.82, 2.24) is 14.7 Å². The van der Waals surface area contributed by atoms with Gasteiger partial charge in [-0.05, 0) is 62.5 Å². The second-order valence-electron chi connectivity index (χ2n) is 9.44. The van der Waals surface area contributed by atoms with Gasteiger partial charge >= 0.3 is 0 Å². The van der Waals surface area contributed by atoms with Gasteiger partial charge in [0.1, 0.15) is 11.4 Å². The minimum atomic E-state index is -0.0980. The summed E-state index contributed by atoms with van der Waals surface area (Å²) in [4.78, 5) is 22.6. The molecule has 0 N–H and O–H groups in total. The Hall–Kier alpha value is -2.85. The van der Waals surface area contributed by atoms with Crippen LogP contribution in [0.15, 0.2) is 53.6 Å². The van der Waals surface area contributed by atoms with Crippen LogP contribution >= 0.6 is 12.0 Å². The number of aromatic nitrogens is 2. The molecule has 0 saturated carbocycles. The normalized spacial score (nSPS) is 13.9. The molecular weight excluding hydrogens is 464 g/mol. The number of hydrogen-bond acceptors (Lipinski definition) is 7. The maximum atomic E-state index is 13.8. The van der Waals surface area contributed by atoms with E-state index in [9.17, 15) is 4.79 Å². The number of anilines is 1. The molecule has 0 spiro atoms. The summed E-state index contributed by atoms with van der Waals surface area (Å²) in [5.41, 5.74) is 4.26. The summed E-state index contributed by atoms with van der Waals surface area (Å²) in [5.74, 6) is 0.636. The average Bonchev–Trinajstić information content (AvgIpc) is 3.22.